The Morgan fingerprint density at radius 1 is 1.00 bits per heavy atom. The molecule has 2 N–H and O–H groups in total. The van der Waals surface area contributed by atoms with Gasteiger partial charge in [-0.1, -0.05) is 64.7 Å². The Labute approximate surface area is 112 Å². The van der Waals surface area contributed by atoms with Crippen LogP contribution in [0.1, 0.15) is 82.9 Å². The van der Waals surface area contributed by atoms with Gasteiger partial charge in [-0.3, -0.25) is 0 Å². The second-order valence-corrected chi connectivity index (χ2v) is 5.24. The predicted octanol–water partition coefficient (Wildman–Crippen LogP) is 5.20. The molecule has 0 saturated carbocycles. The van der Waals surface area contributed by atoms with Crippen molar-refractivity contribution >= 4 is 0 Å². The fraction of sp³-hybridized carbons (Fsp3) is 0.750. The van der Waals surface area contributed by atoms with Crippen LogP contribution in [-0.4, -0.2) is 0 Å². The standard InChI is InChI=1S/C16H29NO/c1-2-3-4-5-6-7-8-9-10-12-15(17)16-13-11-14-18-16/h11,13-15H,2-10,12,17H2,1H3. The minimum Gasteiger partial charge on any atom is -0.468 e. The average molecular weight is 251 g/mol. The highest BCUT2D eigenvalue weighted by Crippen LogP contribution is 2.18. The summed E-state index contributed by atoms with van der Waals surface area (Å²) in [5.41, 5.74) is 6.04. The van der Waals surface area contributed by atoms with Gasteiger partial charge in [0.2, 0.25) is 0 Å². The van der Waals surface area contributed by atoms with Crippen molar-refractivity contribution in [2.75, 3.05) is 0 Å². The summed E-state index contributed by atoms with van der Waals surface area (Å²) in [7, 11) is 0. The van der Waals surface area contributed by atoms with Crippen LogP contribution in [0.4, 0.5) is 0 Å². The molecule has 0 spiro atoms. The van der Waals surface area contributed by atoms with Gasteiger partial charge in [0.25, 0.3) is 0 Å². The molecule has 1 atom stereocenters. The van der Waals surface area contributed by atoms with Crippen LogP contribution in [0.25, 0.3) is 0 Å². The van der Waals surface area contributed by atoms with Gasteiger partial charge >= 0.3 is 0 Å². The SMILES string of the molecule is CCCCCCCCCCCC(N)c1ccco1. The first kappa shape index (κ1) is 15.3. The number of unbranched alkanes of at least 4 members (excludes halogenated alkanes) is 8. The van der Waals surface area contributed by atoms with Crippen molar-refractivity contribution in [3.05, 3.63) is 24.2 Å². The Hall–Kier alpha value is -0.760. The van der Waals surface area contributed by atoms with Crippen molar-refractivity contribution in [2.45, 2.75) is 77.2 Å². The zero-order valence-corrected chi connectivity index (χ0v) is 11.9. The van der Waals surface area contributed by atoms with Gasteiger partial charge in [0.05, 0.1) is 12.3 Å². The maximum Gasteiger partial charge on any atom is 0.120 e. The maximum absolute atomic E-state index is 6.04. The largest absolute Gasteiger partial charge is 0.468 e. The molecule has 2 nitrogen and oxygen atoms in total. The molecule has 1 heterocycles. The van der Waals surface area contributed by atoms with E-state index in [0.29, 0.717) is 0 Å². The summed E-state index contributed by atoms with van der Waals surface area (Å²) < 4.78 is 5.30. The summed E-state index contributed by atoms with van der Waals surface area (Å²) in [6, 6.07) is 3.97. The van der Waals surface area contributed by atoms with Crippen molar-refractivity contribution in [1.82, 2.24) is 0 Å². The smallest absolute Gasteiger partial charge is 0.120 e. The van der Waals surface area contributed by atoms with Crippen molar-refractivity contribution in [3.63, 3.8) is 0 Å². The molecule has 0 saturated heterocycles. The zero-order valence-electron chi connectivity index (χ0n) is 11.9. The second-order valence-electron chi connectivity index (χ2n) is 5.24. The van der Waals surface area contributed by atoms with Crippen LogP contribution in [0.3, 0.4) is 0 Å². The van der Waals surface area contributed by atoms with Crippen LogP contribution in [0.2, 0.25) is 0 Å². The van der Waals surface area contributed by atoms with Gasteiger partial charge in [0.15, 0.2) is 0 Å². The first-order valence-electron chi connectivity index (χ1n) is 7.63. The van der Waals surface area contributed by atoms with E-state index in [1.807, 2.05) is 12.1 Å². The molecule has 104 valence electrons. The van der Waals surface area contributed by atoms with Gasteiger partial charge in [-0.25, -0.2) is 0 Å². The molecule has 2 heteroatoms. The molecule has 0 aliphatic carbocycles. The summed E-state index contributed by atoms with van der Waals surface area (Å²) in [6.45, 7) is 2.27. The van der Waals surface area contributed by atoms with E-state index < -0.39 is 0 Å². The molecule has 0 aromatic carbocycles. The van der Waals surface area contributed by atoms with Crippen molar-refractivity contribution in [3.8, 4) is 0 Å². The van der Waals surface area contributed by atoms with Gasteiger partial charge in [0.1, 0.15) is 5.76 Å². The van der Waals surface area contributed by atoms with E-state index in [1.54, 1.807) is 6.26 Å². The molecule has 0 aliphatic heterocycles. The van der Waals surface area contributed by atoms with Crippen LogP contribution in [-0.2, 0) is 0 Å². The van der Waals surface area contributed by atoms with E-state index in [2.05, 4.69) is 6.92 Å². The molecular formula is C16H29NO. The molecule has 1 unspecified atom stereocenters. The van der Waals surface area contributed by atoms with E-state index in [1.165, 1.54) is 57.8 Å². The number of rotatable bonds is 11. The highest BCUT2D eigenvalue weighted by Gasteiger charge is 2.07. The van der Waals surface area contributed by atoms with E-state index in [-0.39, 0.29) is 6.04 Å². The lowest BCUT2D eigenvalue weighted by molar-refractivity contribution is 0.438. The summed E-state index contributed by atoms with van der Waals surface area (Å²) in [6.07, 6.45) is 15.0. The molecule has 1 aromatic rings. The number of hydrogen-bond acceptors (Lipinski definition) is 2. The number of hydrogen-bond donors (Lipinski definition) is 1. The van der Waals surface area contributed by atoms with E-state index >= 15 is 0 Å². The summed E-state index contributed by atoms with van der Waals surface area (Å²) in [5.74, 6) is 0.926. The molecular weight excluding hydrogens is 222 g/mol. The number of furan rings is 1. The second kappa shape index (κ2) is 10.2. The van der Waals surface area contributed by atoms with Crippen LogP contribution < -0.4 is 5.73 Å². The fourth-order valence-corrected chi connectivity index (χ4v) is 2.32. The van der Waals surface area contributed by atoms with Gasteiger partial charge in [-0.15, -0.1) is 0 Å². The Kier molecular flexibility index (Phi) is 8.66. The quantitative estimate of drug-likeness (QED) is 0.549. The number of nitrogens with two attached hydrogens (primary N) is 1. The van der Waals surface area contributed by atoms with Crippen LogP contribution >= 0.6 is 0 Å². The third kappa shape index (κ3) is 6.85. The molecule has 18 heavy (non-hydrogen) atoms. The van der Waals surface area contributed by atoms with E-state index in [4.69, 9.17) is 10.2 Å². The zero-order chi connectivity index (χ0) is 13.1. The first-order chi connectivity index (χ1) is 8.84. The highest BCUT2D eigenvalue weighted by atomic mass is 16.3. The van der Waals surface area contributed by atoms with Crippen LogP contribution in [0.15, 0.2) is 22.8 Å². The predicted molar refractivity (Wildman–Crippen MR) is 77.5 cm³/mol. The van der Waals surface area contributed by atoms with Crippen molar-refractivity contribution in [1.29, 1.82) is 0 Å². The average Bonchev–Trinajstić information content (AvgIpc) is 2.90. The summed E-state index contributed by atoms with van der Waals surface area (Å²) in [4.78, 5) is 0. The molecule has 0 radical (unpaired) electrons. The summed E-state index contributed by atoms with van der Waals surface area (Å²) >= 11 is 0. The van der Waals surface area contributed by atoms with Gasteiger partial charge in [0, 0.05) is 0 Å². The van der Waals surface area contributed by atoms with Crippen LogP contribution in [0, 0.1) is 0 Å². The molecule has 0 amide bonds. The fourth-order valence-electron chi connectivity index (χ4n) is 2.32. The lowest BCUT2D eigenvalue weighted by Gasteiger charge is -2.08. The maximum atomic E-state index is 6.04. The Bertz CT molecular complexity index is 269. The third-order valence-corrected chi connectivity index (χ3v) is 3.53. The molecule has 0 fully saturated rings. The van der Waals surface area contributed by atoms with Gasteiger partial charge in [-0.2, -0.15) is 0 Å². The topological polar surface area (TPSA) is 39.2 Å². The van der Waals surface area contributed by atoms with Gasteiger partial charge < -0.3 is 10.2 Å². The Morgan fingerprint density at radius 3 is 2.17 bits per heavy atom. The molecule has 1 aromatic heterocycles. The minimum atomic E-state index is 0.0876. The summed E-state index contributed by atoms with van der Waals surface area (Å²) in [5, 5.41) is 0. The monoisotopic (exact) mass is 251 g/mol. The van der Waals surface area contributed by atoms with Crippen molar-refractivity contribution < 1.29 is 4.42 Å². The molecule has 1 rings (SSSR count). The third-order valence-electron chi connectivity index (χ3n) is 3.53. The highest BCUT2D eigenvalue weighted by molar-refractivity contribution is 5.02. The normalized spacial score (nSPS) is 12.8. The van der Waals surface area contributed by atoms with Crippen LogP contribution in [0.5, 0.6) is 0 Å². The van der Waals surface area contributed by atoms with E-state index in [0.717, 1.165) is 12.2 Å². The Balaban J connectivity index is 1.87. The first-order valence-corrected chi connectivity index (χ1v) is 7.63. The van der Waals surface area contributed by atoms with E-state index in [9.17, 15) is 0 Å². The lowest BCUT2D eigenvalue weighted by Crippen LogP contribution is -2.08. The lowest BCUT2D eigenvalue weighted by atomic mass is 10.0. The minimum absolute atomic E-state index is 0.0876. The van der Waals surface area contributed by atoms with Crippen molar-refractivity contribution in [2.24, 2.45) is 5.73 Å². The van der Waals surface area contributed by atoms with Gasteiger partial charge in [-0.05, 0) is 18.6 Å². The molecule has 0 bridgehead atoms. The Morgan fingerprint density at radius 2 is 1.61 bits per heavy atom. The molecule has 0 aliphatic rings.